The molecule has 2 aromatic heterocycles. The van der Waals surface area contributed by atoms with Crippen molar-refractivity contribution < 1.29 is 5.11 Å². The summed E-state index contributed by atoms with van der Waals surface area (Å²) >= 11 is 0. The Morgan fingerprint density at radius 2 is 1.62 bits per heavy atom. The average Bonchev–Trinajstić information content (AvgIpc) is 2.68. The van der Waals surface area contributed by atoms with Crippen LogP contribution in [0.4, 0.5) is 0 Å². The van der Waals surface area contributed by atoms with Crippen molar-refractivity contribution in [2.45, 2.75) is 19.3 Å². The standard InChI is InChI=1S/C23H20N2O/c1-16-7-2-3-10-19(16)21(15-18-9-4-5-13-24-18)20-12-11-17-8-6-14-25-22(17)23(20)26/h2-14,21,26H,15H2,1H3. The molecule has 0 fully saturated rings. The second-order valence-corrected chi connectivity index (χ2v) is 6.51. The minimum atomic E-state index is 0.0116. The summed E-state index contributed by atoms with van der Waals surface area (Å²) in [5, 5.41) is 11.9. The highest BCUT2D eigenvalue weighted by Crippen LogP contribution is 2.38. The summed E-state index contributed by atoms with van der Waals surface area (Å²) < 4.78 is 0. The second kappa shape index (κ2) is 6.96. The van der Waals surface area contributed by atoms with Crippen molar-refractivity contribution in [1.82, 2.24) is 9.97 Å². The van der Waals surface area contributed by atoms with E-state index in [1.165, 1.54) is 11.1 Å². The zero-order chi connectivity index (χ0) is 17.9. The van der Waals surface area contributed by atoms with Crippen LogP contribution in [0.15, 0.2) is 79.1 Å². The van der Waals surface area contributed by atoms with E-state index in [9.17, 15) is 5.11 Å². The maximum absolute atomic E-state index is 11.0. The normalized spacial score (nSPS) is 12.2. The summed E-state index contributed by atoms with van der Waals surface area (Å²) in [5.41, 5.74) is 4.93. The number of pyridine rings is 2. The number of aryl methyl sites for hydroxylation is 1. The molecule has 0 aliphatic rings. The van der Waals surface area contributed by atoms with E-state index in [-0.39, 0.29) is 11.7 Å². The molecule has 0 spiro atoms. The maximum atomic E-state index is 11.0. The number of nitrogens with zero attached hydrogens (tertiary/aromatic N) is 2. The fourth-order valence-electron chi connectivity index (χ4n) is 3.52. The number of fused-ring (bicyclic) bond motifs is 1. The number of aromatic hydroxyl groups is 1. The number of hydrogen-bond acceptors (Lipinski definition) is 3. The van der Waals surface area contributed by atoms with E-state index in [0.29, 0.717) is 5.52 Å². The number of hydrogen-bond donors (Lipinski definition) is 1. The largest absolute Gasteiger partial charge is 0.505 e. The molecule has 4 aromatic rings. The zero-order valence-corrected chi connectivity index (χ0v) is 14.6. The van der Waals surface area contributed by atoms with Gasteiger partial charge in [0.25, 0.3) is 0 Å². The molecule has 0 aliphatic heterocycles. The molecule has 4 rings (SSSR count). The van der Waals surface area contributed by atoms with Gasteiger partial charge in [0, 0.05) is 41.4 Å². The SMILES string of the molecule is Cc1ccccc1C(Cc1ccccn1)c1ccc2cccnc2c1O. The van der Waals surface area contributed by atoms with Gasteiger partial charge < -0.3 is 5.11 Å². The van der Waals surface area contributed by atoms with E-state index in [1.807, 2.05) is 60.8 Å². The third kappa shape index (κ3) is 3.04. The van der Waals surface area contributed by atoms with Crippen molar-refractivity contribution in [1.29, 1.82) is 0 Å². The van der Waals surface area contributed by atoms with Crippen LogP contribution in [-0.2, 0) is 6.42 Å². The molecule has 3 heteroatoms. The lowest BCUT2D eigenvalue weighted by atomic mass is 9.84. The van der Waals surface area contributed by atoms with Crippen LogP contribution in [-0.4, -0.2) is 15.1 Å². The van der Waals surface area contributed by atoms with Crippen molar-refractivity contribution in [3.8, 4) is 5.75 Å². The van der Waals surface area contributed by atoms with Crippen molar-refractivity contribution in [3.63, 3.8) is 0 Å². The molecule has 0 saturated carbocycles. The molecule has 0 aliphatic carbocycles. The van der Waals surface area contributed by atoms with Crippen LogP contribution in [0.3, 0.4) is 0 Å². The van der Waals surface area contributed by atoms with Crippen LogP contribution in [0, 0.1) is 6.92 Å². The van der Waals surface area contributed by atoms with Crippen molar-refractivity contribution >= 4 is 10.9 Å². The van der Waals surface area contributed by atoms with Crippen molar-refractivity contribution in [2.24, 2.45) is 0 Å². The summed E-state index contributed by atoms with van der Waals surface area (Å²) in [6.07, 6.45) is 4.25. The first kappa shape index (κ1) is 16.3. The maximum Gasteiger partial charge on any atom is 0.145 e. The summed E-state index contributed by atoms with van der Waals surface area (Å²) in [6, 6.07) is 22.2. The zero-order valence-electron chi connectivity index (χ0n) is 14.6. The van der Waals surface area contributed by atoms with E-state index >= 15 is 0 Å². The van der Waals surface area contributed by atoms with Crippen molar-refractivity contribution in [3.05, 3.63) is 102 Å². The molecule has 128 valence electrons. The van der Waals surface area contributed by atoms with Gasteiger partial charge in [-0.25, -0.2) is 0 Å². The lowest BCUT2D eigenvalue weighted by Gasteiger charge is -2.21. The topological polar surface area (TPSA) is 46.0 Å². The van der Waals surface area contributed by atoms with E-state index in [4.69, 9.17) is 0 Å². The van der Waals surface area contributed by atoms with Gasteiger partial charge in [-0.2, -0.15) is 0 Å². The predicted molar refractivity (Wildman–Crippen MR) is 104 cm³/mol. The minimum Gasteiger partial charge on any atom is -0.505 e. The third-order valence-corrected chi connectivity index (χ3v) is 4.86. The van der Waals surface area contributed by atoms with Gasteiger partial charge in [-0.05, 0) is 36.2 Å². The Hall–Kier alpha value is -3.20. The molecular formula is C23H20N2O. The molecule has 1 unspecified atom stereocenters. The number of phenols is 1. The third-order valence-electron chi connectivity index (χ3n) is 4.86. The molecule has 0 bridgehead atoms. The van der Waals surface area contributed by atoms with Gasteiger partial charge in [0.2, 0.25) is 0 Å². The number of phenolic OH excluding ortho intramolecular Hbond substituents is 1. The minimum absolute atomic E-state index is 0.0116. The predicted octanol–water partition coefficient (Wildman–Crippen LogP) is 5.02. The highest BCUT2D eigenvalue weighted by atomic mass is 16.3. The Bertz CT molecular complexity index is 1040. The van der Waals surface area contributed by atoms with Gasteiger partial charge in [-0.1, -0.05) is 48.5 Å². The Morgan fingerprint density at radius 1 is 0.808 bits per heavy atom. The molecule has 26 heavy (non-hydrogen) atoms. The molecule has 1 N–H and O–H groups in total. The Morgan fingerprint density at radius 3 is 2.42 bits per heavy atom. The Balaban J connectivity index is 1.88. The fraction of sp³-hybridized carbons (Fsp3) is 0.130. The molecule has 1 atom stereocenters. The quantitative estimate of drug-likeness (QED) is 0.567. The van der Waals surface area contributed by atoms with Gasteiger partial charge in [-0.3, -0.25) is 9.97 Å². The summed E-state index contributed by atoms with van der Waals surface area (Å²) in [4.78, 5) is 8.88. The van der Waals surface area contributed by atoms with Crippen LogP contribution in [0.2, 0.25) is 0 Å². The first-order chi connectivity index (χ1) is 12.7. The lowest BCUT2D eigenvalue weighted by molar-refractivity contribution is 0.469. The highest BCUT2D eigenvalue weighted by Gasteiger charge is 2.22. The van der Waals surface area contributed by atoms with Crippen LogP contribution in [0.25, 0.3) is 10.9 Å². The van der Waals surface area contributed by atoms with Gasteiger partial charge in [0.05, 0.1) is 0 Å². The summed E-state index contributed by atoms with van der Waals surface area (Å²) in [5.74, 6) is 0.268. The van der Waals surface area contributed by atoms with Crippen molar-refractivity contribution in [2.75, 3.05) is 0 Å². The van der Waals surface area contributed by atoms with E-state index in [2.05, 4.69) is 29.0 Å². The van der Waals surface area contributed by atoms with Gasteiger partial charge >= 0.3 is 0 Å². The van der Waals surface area contributed by atoms with E-state index < -0.39 is 0 Å². The average molecular weight is 340 g/mol. The van der Waals surface area contributed by atoms with Crippen LogP contribution >= 0.6 is 0 Å². The molecule has 0 radical (unpaired) electrons. The first-order valence-electron chi connectivity index (χ1n) is 8.76. The van der Waals surface area contributed by atoms with Crippen LogP contribution in [0.1, 0.15) is 28.3 Å². The summed E-state index contributed by atoms with van der Waals surface area (Å²) in [7, 11) is 0. The van der Waals surface area contributed by atoms with Gasteiger partial charge in [0.1, 0.15) is 11.3 Å². The van der Waals surface area contributed by atoms with Gasteiger partial charge in [-0.15, -0.1) is 0 Å². The molecular weight excluding hydrogens is 320 g/mol. The number of benzene rings is 2. The Kier molecular flexibility index (Phi) is 4.36. The number of rotatable bonds is 4. The van der Waals surface area contributed by atoms with E-state index in [0.717, 1.165) is 23.1 Å². The second-order valence-electron chi connectivity index (χ2n) is 6.51. The molecule has 0 amide bonds. The van der Waals surface area contributed by atoms with Crippen LogP contribution in [0.5, 0.6) is 5.75 Å². The highest BCUT2D eigenvalue weighted by molar-refractivity contribution is 5.85. The van der Waals surface area contributed by atoms with E-state index in [1.54, 1.807) is 6.20 Å². The first-order valence-corrected chi connectivity index (χ1v) is 8.76. The molecule has 3 nitrogen and oxygen atoms in total. The fourth-order valence-corrected chi connectivity index (χ4v) is 3.52. The Labute approximate surface area is 153 Å². The van der Waals surface area contributed by atoms with Crippen LogP contribution < -0.4 is 0 Å². The molecule has 2 aromatic carbocycles. The molecule has 2 heterocycles. The smallest absolute Gasteiger partial charge is 0.145 e. The summed E-state index contributed by atoms with van der Waals surface area (Å²) in [6.45, 7) is 2.11. The van der Waals surface area contributed by atoms with Gasteiger partial charge in [0.15, 0.2) is 0 Å². The molecule has 0 saturated heterocycles. The lowest BCUT2D eigenvalue weighted by Crippen LogP contribution is -2.08. The number of aromatic nitrogens is 2. The monoisotopic (exact) mass is 340 g/mol.